The average molecular weight is 250 g/mol. The standard InChI is InChI=1S/C4H10O6S3/c5-9-10-12-2-1-11-3-4-13(6,7)8/h5H,1-4H2,(H,6,7,8). The van der Waals surface area contributed by atoms with E-state index < -0.39 is 10.1 Å². The molecule has 0 fully saturated rings. The van der Waals surface area contributed by atoms with E-state index in [1.54, 1.807) is 0 Å². The first-order chi connectivity index (χ1) is 6.06. The van der Waals surface area contributed by atoms with Crippen molar-refractivity contribution in [1.29, 1.82) is 0 Å². The Morgan fingerprint density at radius 2 is 1.92 bits per heavy atom. The van der Waals surface area contributed by atoms with Crippen LogP contribution in [-0.2, 0) is 19.5 Å². The van der Waals surface area contributed by atoms with Gasteiger partial charge in [-0.25, -0.2) is 5.26 Å². The second-order valence-corrected chi connectivity index (χ2v) is 5.44. The normalized spacial score (nSPS) is 11.8. The Morgan fingerprint density at radius 3 is 2.46 bits per heavy atom. The zero-order valence-electron chi connectivity index (χ0n) is 6.58. The van der Waals surface area contributed by atoms with Crippen LogP contribution in [0.2, 0.25) is 0 Å². The highest BCUT2D eigenvalue weighted by Crippen LogP contribution is 2.08. The molecule has 0 radical (unpaired) electrons. The van der Waals surface area contributed by atoms with Gasteiger partial charge in [-0.2, -0.15) is 20.2 Å². The van der Waals surface area contributed by atoms with Crippen molar-refractivity contribution < 1.29 is 27.6 Å². The summed E-state index contributed by atoms with van der Waals surface area (Å²) in [5.74, 6) is 1.28. The minimum Gasteiger partial charge on any atom is -0.286 e. The molecule has 0 aliphatic rings. The molecule has 0 aromatic carbocycles. The number of hydrogen-bond acceptors (Lipinski definition) is 7. The molecule has 0 aromatic heterocycles. The van der Waals surface area contributed by atoms with Gasteiger partial charge < -0.3 is 0 Å². The summed E-state index contributed by atoms with van der Waals surface area (Å²) < 4.78 is 32.9. The largest absolute Gasteiger partial charge is 0.286 e. The maximum atomic E-state index is 10.2. The van der Waals surface area contributed by atoms with Crippen LogP contribution in [0.15, 0.2) is 0 Å². The van der Waals surface area contributed by atoms with Gasteiger partial charge in [-0.05, 0) is 0 Å². The lowest BCUT2D eigenvalue weighted by molar-refractivity contribution is -0.432. The Kier molecular flexibility index (Phi) is 8.15. The first kappa shape index (κ1) is 13.5. The Labute approximate surface area is 84.8 Å². The van der Waals surface area contributed by atoms with E-state index in [4.69, 9.17) is 9.81 Å². The third-order valence-corrected chi connectivity index (χ3v) is 3.63. The van der Waals surface area contributed by atoms with Crippen molar-refractivity contribution in [2.75, 3.05) is 23.0 Å². The smallest absolute Gasteiger partial charge is 0.265 e. The number of rotatable bonds is 8. The summed E-state index contributed by atoms with van der Waals surface area (Å²) in [6.45, 7) is 0. The molecule has 0 unspecified atom stereocenters. The molecule has 9 heteroatoms. The van der Waals surface area contributed by atoms with Crippen molar-refractivity contribution in [1.82, 2.24) is 0 Å². The minimum absolute atomic E-state index is 0.250. The summed E-state index contributed by atoms with van der Waals surface area (Å²) in [4.78, 5) is 0. The molecule has 0 aromatic rings. The van der Waals surface area contributed by atoms with Gasteiger partial charge in [0.05, 0.1) is 5.75 Å². The fourth-order valence-corrected chi connectivity index (χ4v) is 2.79. The lowest BCUT2D eigenvalue weighted by Crippen LogP contribution is -2.06. The van der Waals surface area contributed by atoms with Gasteiger partial charge >= 0.3 is 0 Å². The molecule has 13 heavy (non-hydrogen) atoms. The highest BCUT2D eigenvalue weighted by atomic mass is 32.2. The van der Waals surface area contributed by atoms with Gasteiger partial charge in [0.25, 0.3) is 10.1 Å². The first-order valence-corrected chi connectivity index (χ1v) is 6.86. The molecule has 80 valence electrons. The fourth-order valence-electron chi connectivity index (χ4n) is 0.415. The van der Waals surface area contributed by atoms with Crippen molar-refractivity contribution >= 4 is 33.9 Å². The van der Waals surface area contributed by atoms with E-state index in [0.29, 0.717) is 17.3 Å². The summed E-state index contributed by atoms with van der Waals surface area (Å²) in [5, 5.41) is 11.0. The van der Waals surface area contributed by atoms with Gasteiger partial charge in [-0.3, -0.25) is 4.55 Å². The van der Waals surface area contributed by atoms with Crippen LogP contribution >= 0.6 is 23.8 Å². The van der Waals surface area contributed by atoms with E-state index in [1.807, 2.05) is 0 Å². The Balaban J connectivity index is 3.09. The van der Waals surface area contributed by atoms with E-state index in [-0.39, 0.29) is 5.75 Å². The average Bonchev–Trinajstić information content (AvgIpc) is 2.01. The van der Waals surface area contributed by atoms with Crippen LogP contribution in [0.25, 0.3) is 0 Å². The molecule has 2 N–H and O–H groups in total. The second-order valence-electron chi connectivity index (χ2n) is 1.86. The molecule has 0 aliphatic heterocycles. The SMILES string of the molecule is O=S(=O)(O)CCSCCSOOO. The second kappa shape index (κ2) is 7.85. The van der Waals surface area contributed by atoms with Crippen LogP contribution < -0.4 is 0 Å². The van der Waals surface area contributed by atoms with Crippen LogP contribution in [0.4, 0.5) is 0 Å². The monoisotopic (exact) mass is 250 g/mol. The van der Waals surface area contributed by atoms with Gasteiger partial charge in [0.15, 0.2) is 0 Å². The van der Waals surface area contributed by atoms with Crippen LogP contribution in [-0.4, -0.2) is 41.2 Å². The Hall–Kier alpha value is 0.490. The van der Waals surface area contributed by atoms with Crippen LogP contribution in [0.3, 0.4) is 0 Å². The quantitative estimate of drug-likeness (QED) is 0.213. The first-order valence-electron chi connectivity index (χ1n) is 3.19. The van der Waals surface area contributed by atoms with Crippen molar-refractivity contribution in [2.24, 2.45) is 0 Å². The molecule has 0 aliphatic carbocycles. The summed E-state index contributed by atoms with van der Waals surface area (Å²) in [6, 6.07) is 0. The van der Waals surface area contributed by atoms with Crippen LogP contribution in [0, 0.1) is 0 Å². The highest BCUT2D eigenvalue weighted by Gasteiger charge is 2.03. The lowest BCUT2D eigenvalue weighted by Gasteiger charge is -1.98. The van der Waals surface area contributed by atoms with E-state index in [2.05, 4.69) is 9.37 Å². The maximum absolute atomic E-state index is 10.2. The summed E-state index contributed by atoms with van der Waals surface area (Å²) in [5.41, 5.74) is 0. The molecular formula is C4H10O6S3. The Bertz CT molecular complexity index is 202. The topological polar surface area (TPSA) is 93.1 Å². The minimum atomic E-state index is -3.85. The van der Waals surface area contributed by atoms with Crippen molar-refractivity contribution in [3.8, 4) is 0 Å². The van der Waals surface area contributed by atoms with Gasteiger partial charge in [-0.1, -0.05) is 5.04 Å². The molecule has 0 saturated heterocycles. The molecule has 6 nitrogen and oxygen atoms in total. The maximum Gasteiger partial charge on any atom is 0.265 e. The number of thioether (sulfide) groups is 1. The van der Waals surface area contributed by atoms with Gasteiger partial charge in [-0.15, -0.1) is 4.33 Å². The van der Waals surface area contributed by atoms with Crippen molar-refractivity contribution in [3.05, 3.63) is 0 Å². The Morgan fingerprint density at radius 1 is 1.23 bits per heavy atom. The van der Waals surface area contributed by atoms with Crippen molar-refractivity contribution in [3.63, 3.8) is 0 Å². The predicted molar refractivity (Wildman–Crippen MR) is 51.0 cm³/mol. The summed E-state index contributed by atoms with van der Waals surface area (Å²) in [7, 11) is -3.85. The molecule has 0 rings (SSSR count). The predicted octanol–water partition coefficient (Wildman–Crippen LogP) is 0.677. The van der Waals surface area contributed by atoms with Gasteiger partial charge in [0, 0.05) is 29.3 Å². The molecule has 0 heterocycles. The third kappa shape index (κ3) is 12.5. The van der Waals surface area contributed by atoms with E-state index in [1.165, 1.54) is 11.8 Å². The van der Waals surface area contributed by atoms with Crippen LogP contribution in [0.1, 0.15) is 0 Å². The molecular weight excluding hydrogens is 240 g/mol. The molecule has 0 saturated carbocycles. The zero-order chi connectivity index (χ0) is 10.2. The third-order valence-electron chi connectivity index (χ3n) is 0.875. The lowest BCUT2D eigenvalue weighted by atomic mass is 10.9. The fraction of sp³-hybridized carbons (Fsp3) is 1.00. The summed E-state index contributed by atoms with van der Waals surface area (Å²) >= 11 is 2.26. The van der Waals surface area contributed by atoms with E-state index in [0.717, 1.165) is 12.0 Å². The van der Waals surface area contributed by atoms with E-state index in [9.17, 15) is 8.42 Å². The number of hydrogen-bond donors (Lipinski definition) is 2. The summed E-state index contributed by atoms with van der Waals surface area (Å²) in [6.07, 6.45) is 0. The zero-order valence-corrected chi connectivity index (χ0v) is 9.03. The van der Waals surface area contributed by atoms with Gasteiger partial charge in [0.1, 0.15) is 0 Å². The van der Waals surface area contributed by atoms with Crippen LogP contribution in [0.5, 0.6) is 0 Å². The molecule has 0 spiro atoms. The molecule has 0 bridgehead atoms. The van der Waals surface area contributed by atoms with E-state index >= 15 is 0 Å². The highest BCUT2D eigenvalue weighted by molar-refractivity contribution is 8.01. The van der Waals surface area contributed by atoms with Gasteiger partial charge in [0.2, 0.25) is 0 Å². The molecule has 0 amide bonds. The van der Waals surface area contributed by atoms with Crippen molar-refractivity contribution in [2.45, 2.75) is 0 Å². The molecule has 0 atom stereocenters.